The van der Waals surface area contributed by atoms with Crippen molar-refractivity contribution in [3.63, 3.8) is 0 Å². The van der Waals surface area contributed by atoms with Gasteiger partial charge >= 0.3 is 6.03 Å². The Labute approximate surface area is 144 Å². The summed E-state index contributed by atoms with van der Waals surface area (Å²) >= 11 is 0. The minimum atomic E-state index is -0.259. The molecule has 24 heavy (non-hydrogen) atoms. The highest BCUT2D eigenvalue weighted by Gasteiger charge is 2.02. The largest absolute Gasteiger partial charge is 0.494 e. The van der Waals surface area contributed by atoms with Gasteiger partial charge in [-0.3, -0.25) is 0 Å². The molecule has 2 rings (SSSR count). The Hall–Kier alpha value is -2.49. The minimum absolute atomic E-state index is 0.259. The molecule has 0 spiro atoms. The molecule has 2 aromatic carbocycles. The van der Waals surface area contributed by atoms with Crippen LogP contribution >= 0.6 is 0 Å². The van der Waals surface area contributed by atoms with E-state index in [1.807, 2.05) is 54.6 Å². The van der Waals surface area contributed by atoms with Gasteiger partial charge in [-0.25, -0.2) is 4.79 Å². The Morgan fingerprint density at radius 3 is 2.12 bits per heavy atom. The van der Waals surface area contributed by atoms with Gasteiger partial charge in [-0.05, 0) is 42.8 Å². The second-order valence-electron chi connectivity index (χ2n) is 5.73. The maximum Gasteiger partial charge on any atom is 0.323 e. The lowest BCUT2D eigenvalue weighted by Crippen LogP contribution is -2.19. The average Bonchev–Trinajstić information content (AvgIpc) is 2.60. The number of hydrogen-bond acceptors (Lipinski definition) is 2. The van der Waals surface area contributed by atoms with Crippen molar-refractivity contribution >= 4 is 17.4 Å². The van der Waals surface area contributed by atoms with E-state index in [0.717, 1.165) is 30.2 Å². The van der Waals surface area contributed by atoms with Crippen molar-refractivity contribution < 1.29 is 9.53 Å². The fourth-order valence-corrected chi connectivity index (χ4v) is 2.35. The normalized spacial score (nSPS) is 10.2. The van der Waals surface area contributed by atoms with Gasteiger partial charge < -0.3 is 15.4 Å². The van der Waals surface area contributed by atoms with Crippen LogP contribution in [0.4, 0.5) is 16.2 Å². The molecule has 0 saturated heterocycles. The van der Waals surface area contributed by atoms with Gasteiger partial charge in [-0.1, -0.05) is 50.8 Å². The van der Waals surface area contributed by atoms with E-state index in [1.54, 1.807) is 0 Å². The topological polar surface area (TPSA) is 50.4 Å². The summed E-state index contributed by atoms with van der Waals surface area (Å²) in [5, 5.41) is 5.58. The summed E-state index contributed by atoms with van der Waals surface area (Å²) < 4.78 is 5.71. The van der Waals surface area contributed by atoms with Crippen LogP contribution in [0, 0.1) is 0 Å². The van der Waals surface area contributed by atoms with Gasteiger partial charge in [0.15, 0.2) is 0 Å². The molecule has 2 amide bonds. The quantitative estimate of drug-likeness (QED) is 0.582. The highest BCUT2D eigenvalue weighted by atomic mass is 16.5. The van der Waals surface area contributed by atoms with Crippen LogP contribution in [-0.2, 0) is 0 Å². The molecule has 0 heterocycles. The van der Waals surface area contributed by atoms with Gasteiger partial charge in [0.25, 0.3) is 0 Å². The van der Waals surface area contributed by atoms with Crippen molar-refractivity contribution in [3.05, 3.63) is 54.6 Å². The summed E-state index contributed by atoms with van der Waals surface area (Å²) in [4.78, 5) is 11.9. The van der Waals surface area contributed by atoms with Gasteiger partial charge in [-0.15, -0.1) is 0 Å². The molecule has 0 atom stereocenters. The van der Waals surface area contributed by atoms with Crippen LogP contribution in [0.15, 0.2) is 54.6 Å². The minimum Gasteiger partial charge on any atom is -0.494 e. The van der Waals surface area contributed by atoms with Crippen LogP contribution in [0.2, 0.25) is 0 Å². The second kappa shape index (κ2) is 10.3. The standard InChI is InChI=1S/C20H26N2O2/c1-2-3-4-5-9-16-24-19-14-12-18(13-15-19)22-20(23)21-17-10-7-6-8-11-17/h6-8,10-15H,2-5,9,16H2,1H3,(H2,21,22,23). The Kier molecular flexibility index (Phi) is 7.68. The van der Waals surface area contributed by atoms with Crippen molar-refractivity contribution in [2.24, 2.45) is 0 Å². The van der Waals surface area contributed by atoms with E-state index in [0.29, 0.717) is 0 Å². The number of anilines is 2. The van der Waals surface area contributed by atoms with Crippen molar-refractivity contribution in [1.82, 2.24) is 0 Å². The summed E-state index contributed by atoms with van der Waals surface area (Å²) in [5.74, 6) is 0.833. The molecule has 4 nitrogen and oxygen atoms in total. The third-order valence-corrected chi connectivity index (χ3v) is 3.66. The third-order valence-electron chi connectivity index (χ3n) is 3.66. The molecule has 2 aromatic rings. The first-order chi connectivity index (χ1) is 11.8. The molecule has 0 bridgehead atoms. The molecule has 0 fully saturated rings. The van der Waals surface area contributed by atoms with Crippen LogP contribution in [0.3, 0.4) is 0 Å². The number of hydrogen-bond donors (Lipinski definition) is 2. The van der Waals surface area contributed by atoms with Crippen molar-refractivity contribution in [1.29, 1.82) is 0 Å². The highest BCUT2D eigenvalue weighted by molar-refractivity contribution is 5.99. The Morgan fingerprint density at radius 1 is 0.833 bits per heavy atom. The van der Waals surface area contributed by atoms with Crippen LogP contribution in [0.25, 0.3) is 0 Å². The van der Waals surface area contributed by atoms with Crippen LogP contribution in [0.5, 0.6) is 5.75 Å². The number of benzene rings is 2. The van der Waals surface area contributed by atoms with Gasteiger partial charge in [0.05, 0.1) is 6.61 Å². The highest BCUT2D eigenvalue weighted by Crippen LogP contribution is 2.17. The molecule has 0 aliphatic carbocycles. The molecule has 4 heteroatoms. The number of rotatable bonds is 9. The summed E-state index contributed by atoms with van der Waals surface area (Å²) in [5.41, 5.74) is 1.50. The monoisotopic (exact) mass is 326 g/mol. The number of nitrogens with one attached hydrogen (secondary N) is 2. The molecular weight excluding hydrogens is 300 g/mol. The SMILES string of the molecule is CCCCCCCOc1ccc(NC(=O)Nc2ccccc2)cc1. The summed E-state index contributed by atoms with van der Waals surface area (Å²) in [6.45, 7) is 2.96. The molecule has 0 unspecified atom stereocenters. The number of carbonyl (C=O) groups is 1. The molecular formula is C20H26N2O2. The van der Waals surface area contributed by atoms with E-state index in [1.165, 1.54) is 25.7 Å². The predicted octanol–water partition coefficient (Wildman–Crippen LogP) is 5.68. The van der Waals surface area contributed by atoms with Gasteiger partial charge in [0.2, 0.25) is 0 Å². The molecule has 0 aromatic heterocycles. The zero-order valence-corrected chi connectivity index (χ0v) is 14.3. The summed E-state index contributed by atoms with van der Waals surface area (Å²) in [6, 6.07) is 16.5. The number of carbonyl (C=O) groups excluding carboxylic acids is 1. The van der Waals surface area contributed by atoms with E-state index in [2.05, 4.69) is 17.6 Å². The number of unbranched alkanes of at least 4 members (excludes halogenated alkanes) is 4. The Morgan fingerprint density at radius 2 is 1.46 bits per heavy atom. The lowest BCUT2D eigenvalue weighted by molar-refractivity contribution is 0.262. The number of urea groups is 1. The molecule has 0 radical (unpaired) electrons. The van der Waals surface area contributed by atoms with Gasteiger partial charge in [0, 0.05) is 11.4 Å². The van der Waals surface area contributed by atoms with E-state index >= 15 is 0 Å². The van der Waals surface area contributed by atoms with Crippen molar-refractivity contribution in [2.75, 3.05) is 17.2 Å². The predicted molar refractivity (Wildman–Crippen MR) is 99.8 cm³/mol. The van der Waals surface area contributed by atoms with Crippen molar-refractivity contribution in [3.8, 4) is 5.75 Å². The van der Waals surface area contributed by atoms with Gasteiger partial charge in [-0.2, -0.15) is 0 Å². The maximum atomic E-state index is 11.9. The summed E-state index contributed by atoms with van der Waals surface area (Å²) in [6.07, 6.45) is 6.13. The first-order valence-corrected chi connectivity index (χ1v) is 8.64. The van der Waals surface area contributed by atoms with Crippen LogP contribution < -0.4 is 15.4 Å². The number of ether oxygens (including phenoxy) is 1. The Balaban J connectivity index is 1.70. The fourth-order valence-electron chi connectivity index (χ4n) is 2.35. The van der Waals surface area contributed by atoms with E-state index in [9.17, 15) is 4.79 Å². The first-order valence-electron chi connectivity index (χ1n) is 8.64. The number of amides is 2. The molecule has 0 aliphatic heterocycles. The van der Waals surface area contributed by atoms with E-state index in [-0.39, 0.29) is 6.03 Å². The lowest BCUT2D eigenvalue weighted by Gasteiger charge is -2.09. The fraction of sp³-hybridized carbons (Fsp3) is 0.350. The number of para-hydroxylation sites is 1. The zero-order chi connectivity index (χ0) is 17.0. The van der Waals surface area contributed by atoms with Crippen LogP contribution in [0.1, 0.15) is 39.0 Å². The molecule has 0 saturated carbocycles. The maximum absolute atomic E-state index is 11.9. The zero-order valence-electron chi connectivity index (χ0n) is 14.3. The Bertz CT molecular complexity index is 597. The third kappa shape index (κ3) is 6.73. The van der Waals surface area contributed by atoms with E-state index in [4.69, 9.17) is 4.74 Å². The average molecular weight is 326 g/mol. The smallest absolute Gasteiger partial charge is 0.323 e. The van der Waals surface area contributed by atoms with Gasteiger partial charge in [0.1, 0.15) is 5.75 Å². The van der Waals surface area contributed by atoms with Crippen LogP contribution in [-0.4, -0.2) is 12.6 Å². The second-order valence-corrected chi connectivity index (χ2v) is 5.73. The van der Waals surface area contributed by atoms with Crippen molar-refractivity contribution in [2.45, 2.75) is 39.0 Å². The van der Waals surface area contributed by atoms with E-state index < -0.39 is 0 Å². The molecule has 128 valence electrons. The summed E-state index contributed by atoms with van der Waals surface area (Å²) in [7, 11) is 0. The lowest BCUT2D eigenvalue weighted by atomic mass is 10.2. The first kappa shape index (κ1) is 17.9. The molecule has 0 aliphatic rings. The molecule has 2 N–H and O–H groups in total.